The summed E-state index contributed by atoms with van der Waals surface area (Å²) in [5, 5.41) is 19.3. The minimum Gasteiger partial charge on any atom is -0.504 e. The molecular weight excluding hydrogens is 280 g/mol. The lowest BCUT2D eigenvalue weighted by atomic mass is 10.1. The summed E-state index contributed by atoms with van der Waals surface area (Å²) in [6, 6.07) is 4.44. The summed E-state index contributed by atoms with van der Waals surface area (Å²) in [6.07, 6.45) is 0.877. The molecule has 0 saturated carbocycles. The van der Waals surface area contributed by atoms with Crippen LogP contribution >= 0.6 is 11.6 Å². The fourth-order valence-electron chi connectivity index (χ4n) is 2.39. The SMILES string of the molecule is O=C(c1cccc(O)c1O)N1CCCN(CCCl)CC1. The Kier molecular flexibility index (Phi) is 5.09. The topological polar surface area (TPSA) is 64.0 Å². The second kappa shape index (κ2) is 6.81. The molecule has 1 aliphatic rings. The van der Waals surface area contributed by atoms with Gasteiger partial charge in [-0.2, -0.15) is 0 Å². The maximum atomic E-state index is 12.4. The summed E-state index contributed by atoms with van der Waals surface area (Å²) in [4.78, 5) is 16.3. The fraction of sp³-hybridized carbons (Fsp3) is 0.500. The van der Waals surface area contributed by atoms with Crippen LogP contribution in [0.3, 0.4) is 0 Å². The summed E-state index contributed by atoms with van der Waals surface area (Å²) in [5.74, 6) is -0.277. The third-order valence-electron chi connectivity index (χ3n) is 3.52. The fourth-order valence-corrected chi connectivity index (χ4v) is 2.63. The molecule has 6 heteroatoms. The third-order valence-corrected chi connectivity index (χ3v) is 3.69. The minimum atomic E-state index is -0.348. The van der Waals surface area contributed by atoms with Crippen LogP contribution in [0, 0.1) is 0 Å². The van der Waals surface area contributed by atoms with Crippen LogP contribution in [-0.2, 0) is 0 Å². The highest BCUT2D eigenvalue weighted by atomic mass is 35.5. The number of aromatic hydroxyl groups is 2. The van der Waals surface area contributed by atoms with Gasteiger partial charge in [0.15, 0.2) is 11.5 Å². The average molecular weight is 299 g/mol. The summed E-state index contributed by atoms with van der Waals surface area (Å²) in [7, 11) is 0. The minimum absolute atomic E-state index is 0.149. The predicted molar refractivity (Wildman–Crippen MR) is 77.5 cm³/mol. The van der Waals surface area contributed by atoms with E-state index in [2.05, 4.69) is 4.90 Å². The van der Waals surface area contributed by atoms with Crippen molar-refractivity contribution in [1.82, 2.24) is 9.80 Å². The normalized spacial score (nSPS) is 16.9. The lowest BCUT2D eigenvalue weighted by molar-refractivity contribution is 0.0758. The number of hydrogen-bond donors (Lipinski definition) is 2. The Balaban J connectivity index is 2.07. The van der Waals surface area contributed by atoms with E-state index >= 15 is 0 Å². The van der Waals surface area contributed by atoms with E-state index in [0.717, 1.165) is 26.1 Å². The molecule has 1 saturated heterocycles. The van der Waals surface area contributed by atoms with Crippen LogP contribution in [0.4, 0.5) is 0 Å². The largest absolute Gasteiger partial charge is 0.504 e. The van der Waals surface area contributed by atoms with Gasteiger partial charge in [0.05, 0.1) is 5.56 Å². The number of rotatable bonds is 3. The van der Waals surface area contributed by atoms with E-state index in [1.54, 1.807) is 11.0 Å². The van der Waals surface area contributed by atoms with Gasteiger partial charge in [-0.1, -0.05) is 6.07 Å². The Morgan fingerprint density at radius 3 is 2.75 bits per heavy atom. The molecule has 110 valence electrons. The van der Waals surface area contributed by atoms with E-state index < -0.39 is 0 Å². The number of halogens is 1. The van der Waals surface area contributed by atoms with Crippen LogP contribution in [0.5, 0.6) is 11.5 Å². The van der Waals surface area contributed by atoms with E-state index in [0.29, 0.717) is 19.0 Å². The van der Waals surface area contributed by atoms with Gasteiger partial charge in [-0.15, -0.1) is 11.6 Å². The van der Waals surface area contributed by atoms with Gasteiger partial charge < -0.3 is 20.0 Å². The van der Waals surface area contributed by atoms with Crippen LogP contribution in [0.2, 0.25) is 0 Å². The number of carbonyl (C=O) groups is 1. The van der Waals surface area contributed by atoms with Gasteiger partial charge in [0.25, 0.3) is 5.91 Å². The van der Waals surface area contributed by atoms with Crippen molar-refractivity contribution < 1.29 is 15.0 Å². The van der Waals surface area contributed by atoms with E-state index in [9.17, 15) is 15.0 Å². The number of hydrogen-bond acceptors (Lipinski definition) is 4. The second-order valence-corrected chi connectivity index (χ2v) is 5.23. The number of benzene rings is 1. The first-order valence-corrected chi connectivity index (χ1v) is 7.25. The van der Waals surface area contributed by atoms with Gasteiger partial charge in [0.2, 0.25) is 0 Å². The summed E-state index contributed by atoms with van der Waals surface area (Å²) in [5.41, 5.74) is 0.149. The quantitative estimate of drug-likeness (QED) is 0.655. The molecule has 0 atom stereocenters. The zero-order valence-electron chi connectivity index (χ0n) is 11.3. The van der Waals surface area contributed by atoms with Crippen LogP contribution in [0.1, 0.15) is 16.8 Å². The van der Waals surface area contributed by atoms with Crippen LogP contribution in [0.25, 0.3) is 0 Å². The second-order valence-electron chi connectivity index (χ2n) is 4.85. The lowest BCUT2D eigenvalue weighted by Crippen LogP contribution is -2.35. The number of alkyl halides is 1. The molecule has 5 nitrogen and oxygen atoms in total. The van der Waals surface area contributed by atoms with E-state index in [-0.39, 0.29) is 23.0 Å². The van der Waals surface area contributed by atoms with Crippen molar-refractivity contribution in [2.75, 3.05) is 38.6 Å². The molecule has 0 aromatic heterocycles. The van der Waals surface area contributed by atoms with E-state index in [1.165, 1.54) is 12.1 Å². The van der Waals surface area contributed by atoms with E-state index in [1.807, 2.05) is 0 Å². The third kappa shape index (κ3) is 3.35. The average Bonchev–Trinajstić information content (AvgIpc) is 2.67. The number of phenols is 2. The molecule has 2 N–H and O–H groups in total. The lowest BCUT2D eigenvalue weighted by Gasteiger charge is -2.22. The molecular formula is C14H19ClN2O3. The van der Waals surface area contributed by atoms with Gasteiger partial charge in [0.1, 0.15) is 0 Å². The summed E-state index contributed by atoms with van der Waals surface area (Å²) in [6.45, 7) is 3.76. The van der Waals surface area contributed by atoms with Crippen molar-refractivity contribution in [3.63, 3.8) is 0 Å². The Labute approximate surface area is 123 Å². The van der Waals surface area contributed by atoms with Crippen molar-refractivity contribution in [2.45, 2.75) is 6.42 Å². The number of nitrogens with zero attached hydrogens (tertiary/aromatic N) is 2. The highest BCUT2D eigenvalue weighted by molar-refractivity contribution is 6.18. The molecule has 1 amide bonds. The van der Waals surface area contributed by atoms with Gasteiger partial charge in [-0.3, -0.25) is 4.79 Å². The number of carbonyl (C=O) groups excluding carboxylic acids is 1. The van der Waals surface area contributed by atoms with Gasteiger partial charge >= 0.3 is 0 Å². The zero-order chi connectivity index (χ0) is 14.5. The standard InChI is InChI=1S/C14H19ClN2O3/c15-5-8-16-6-2-7-17(10-9-16)14(20)11-3-1-4-12(18)13(11)19/h1,3-4,18-19H,2,5-10H2. The van der Waals surface area contributed by atoms with Crippen LogP contribution < -0.4 is 0 Å². The Bertz CT molecular complexity index is 481. The molecule has 0 aliphatic carbocycles. The van der Waals surface area contributed by atoms with Gasteiger partial charge in [-0.25, -0.2) is 0 Å². The van der Waals surface area contributed by atoms with Crippen molar-refractivity contribution in [2.24, 2.45) is 0 Å². The maximum absolute atomic E-state index is 12.4. The maximum Gasteiger partial charge on any atom is 0.257 e. The van der Waals surface area contributed by atoms with Crippen molar-refractivity contribution in [1.29, 1.82) is 0 Å². The van der Waals surface area contributed by atoms with Crippen LogP contribution in [-0.4, -0.2) is 64.5 Å². The van der Waals surface area contributed by atoms with Crippen molar-refractivity contribution in [3.05, 3.63) is 23.8 Å². The summed E-state index contributed by atoms with van der Waals surface area (Å²) < 4.78 is 0. The molecule has 0 radical (unpaired) electrons. The molecule has 0 spiro atoms. The molecule has 1 aromatic rings. The number of amides is 1. The number of para-hydroxylation sites is 1. The predicted octanol–water partition coefficient (Wildman–Crippen LogP) is 1.48. The molecule has 1 aromatic carbocycles. The molecule has 2 rings (SSSR count). The molecule has 1 fully saturated rings. The first-order valence-electron chi connectivity index (χ1n) is 6.72. The Morgan fingerprint density at radius 1 is 1.20 bits per heavy atom. The Hall–Kier alpha value is -1.46. The van der Waals surface area contributed by atoms with Crippen molar-refractivity contribution in [3.8, 4) is 11.5 Å². The molecule has 0 bridgehead atoms. The van der Waals surface area contributed by atoms with E-state index in [4.69, 9.17) is 11.6 Å². The highest BCUT2D eigenvalue weighted by Crippen LogP contribution is 2.29. The monoisotopic (exact) mass is 298 g/mol. The molecule has 1 aliphatic heterocycles. The smallest absolute Gasteiger partial charge is 0.257 e. The highest BCUT2D eigenvalue weighted by Gasteiger charge is 2.23. The first kappa shape index (κ1) is 14.9. The first-order chi connectivity index (χ1) is 9.63. The van der Waals surface area contributed by atoms with Gasteiger partial charge in [-0.05, 0) is 25.1 Å². The molecule has 0 unspecified atom stereocenters. The zero-order valence-corrected chi connectivity index (χ0v) is 12.0. The van der Waals surface area contributed by atoms with Crippen molar-refractivity contribution >= 4 is 17.5 Å². The summed E-state index contributed by atoms with van der Waals surface area (Å²) >= 11 is 5.74. The number of phenolic OH excluding ortho intramolecular Hbond substituents is 2. The Morgan fingerprint density at radius 2 is 2.00 bits per heavy atom. The van der Waals surface area contributed by atoms with Gasteiger partial charge in [0, 0.05) is 32.1 Å². The molecule has 1 heterocycles. The molecule has 20 heavy (non-hydrogen) atoms. The van der Waals surface area contributed by atoms with Crippen LogP contribution in [0.15, 0.2) is 18.2 Å².